The molecule has 23 heavy (non-hydrogen) atoms. The van der Waals surface area contributed by atoms with Crippen LogP contribution in [0.5, 0.6) is 0 Å². The SMILES string of the molecule is CCCCN(CC)Cc1ccc(C=NN=C2NC(=O)CS2)cc1. The fraction of sp³-hybridized carbons (Fsp3) is 0.471. The molecule has 6 heteroatoms. The lowest BCUT2D eigenvalue weighted by atomic mass is 10.1. The van der Waals surface area contributed by atoms with E-state index in [9.17, 15) is 4.79 Å². The van der Waals surface area contributed by atoms with Gasteiger partial charge in [0.05, 0.1) is 12.0 Å². The molecule has 124 valence electrons. The molecule has 1 fully saturated rings. The van der Waals surface area contributed by atoms with Crippen LogP contribution in [0.4, 0.5) is 0 Å². The van der Waals surface area contributed by atoms with E-state index < -0.39 is 0 Å². The number of nitrogens with one attached hydrogen (secondary N) is 1. The van der Waals surface area contributed by atoms with Crippen LogP contribution in [-0.4, -0.2) is 41.0 Å². The molecule has 0 spiro atoms. The van der Waals surface area contributed by atoms with Gasteiger partial charge in [-0.25, -0.2) is 0 Å². The van der Waals surface area contributed by atoms with Gasteiger partial charge >= 0.3 is 0 Å². The minimum Gasteiger partial charge on any atom is -0.303 e. The quantitative estimate of drug-likeness (QED) is 0.588. The van der Waals surface area contributed by atoms with Crippen molar-refractivity contribution in [1.82, 2.24) is 10.2 Å². The molecule has 2 rings (SSSR count). The summed E-state index contributed by atoms with van der Waals surface area (Å²) in [5.41, 5.74) is 2.31. The molecule has 1 N–H and O–H groups in total. The lowest BCUT2D eigenvalue weighted by Gasteiger charge is -2.20. The zero-order valence-electron chi connectivity index (χ0n) is 13.8. The number of thioether (sulfide) groups is 1. The van der Waals surface area contributed by atoms with Crippen LogP contribution < -0.4 is 5.32 Å². The van der Waals surface area contributed by atoms with Gasteiger partial charge in [0, 0.05) is 6.54 Å². The number of unbranched alkanes of at least 4 members (excludes halogenated alkanes) is 1. The molecule has 1 amide bonds. The molecule has 5 nitrogen and oxygen atoms in total. The molecule has 0 atom stereocenters. The third-order valence-electron chi connectivity index (χ3n) is 3.60. The molecule has 1 aliphatic rings. The summed E-state index contributed by atoms with van der Waals surface area (Å²) in [6.07, 6.45) is 4.18. The van der Waals surface area contributed by atoms with Gasteiger partial charge in [0.2, 0.25) is 5.91 Å². The Hall–Kier alpha value is -1.66. The molecule has 0 aromatic heterocycles. The maximum atomic E-state index is 11.0. The van der Waals surface area contributed by atoms with Gasteiger partial charge in [-0.1, -0.05) is 56.3 Å². The van der Waals surface area contributed by atoms with Crippen molar-refractivity contribution in [3.8, 4) is 0 Å². The van der Waals surface area contributed by atoms with E-state index in [4.69, 9.17) is 0 Å². The van der Waals surface area contributed by atoms with E-state index in [1.165, 1.54) is 30.2 Å². The predicted molar refractivity (Wildman–Crippen MR) is 97.9 cm³/mol. The summed E-state index contributed by atoms with van der Waals surface area (Å²) in [4.78, 5) is 13.5. The van der Waals surface area contributed by atoms with Gasteiger partial charge in [-0.05, 0) is 30.6 Å². The number of amidine groups is 1. The second kappa shape index (κ2) is 9.47. The monoisotopic (exact) mass is 332 g/mol. The Morgan fingerprint density at radius 1 is 1.30 bits per heavy atom. The van der Waals surface area contributed by atoms with Crippen molar-refractivity contribution in [2.24, 2.45) is 10.2 Å². The highest BCUT2D eigenvalue weighted by Crippen LogP contribution is 2.10. The largest absolute Gasteiger partial charge is 0.303 e. The third-order valence-corrected chi connectivity index (χ3v) is 4.47. The van der Waals surface area contributed by atoms with Crippen molar-refractivity contribution in [2.75, 3.05) is 18.8 Å². The van der Waals surface area contributed by atoms with Gasteiger partial charge in [-0.15, -0.1) is 5.10 Å². The number of hydrogen-bond acceptors (Lipinski definition) is 5. The first-order valence-electron chi connectivity index (χ1n) is 8.06. The molecule has 0 saturated carbocycles. The molecule has 0 unspecified atom stereocenters. The molecular weight excluding hydrogens is 308 g/mol. The Morgan fingerprint density at radius 2 is 2.09 bits per heavy atom. The molecule has 1 saturated heterocycles. The average molecular weight is 332 g/mol. The topological polar surface area (TPSA) is 57.1 Å². The van der Waals surface area contributed by atoms with Crippen molar-refractivity contribution in [2.45, 2.75) is 33.2 Å². The van der Waals surface area contributed by atoms with Crippen molar-refractivity contribution >= 4 is 29.1 Å². The molecule has 0 radical (unpaired) electrons. The fourth-order valence-electron chi connectivity index (χ4n) is 2.23. The normalized spacial score (nSPS) is 16.7. The predicted octanol–water partition coefficient (Wildman–Crippen LogP) is 2.86. The summed E-state index contributed by atoms with van der Waals surface area (Å²) in [7, 11) is 0. The Labute approximate surface area is 142 Å². The Kier molecular flexibility index (Phi) is 7.29. The summed E-state index contributed by atoms with van der Waals surface area (Å²) in [6, 6.07) is 8.37. The number of hydrogen-bond donors (Lipinski definition) is 1. The standard InChI is InChI=1S/C17H24N4OS/c1-3-5-10-21(4-2)12-15-8-6-14(7-9-15)11-18-20-17-19-16(22)13-23-17/h6-9,11H,3-5,10,12-13H2,1-2H3,(H,19,20,22). The van der Waals surface area contributed by atoms with Crippen molar-refractivity contribution < 1.29 is 4.79 Å². The number of benzene rings is 1. The molecule has 1 aliphatic heterocycles. The van der Waals surface area contributed by atoms with Crippen molar-refractivity contribution in [3.05, 3.63) is 35.4 Å². The Balaban J connectivity index is 1.87. The smallest absolute Gasteiger partial charge is 0.236 e. The molecule has 1 aromatic carbocycles. The van der Waals surface area contributed by atoms with Gasteiger partial charge < -0.3 is 5.32 Å². The summed E-state index contributed by atoms with van der Waals surface area (Å²) in [6.45, 7) is 7.64. The number of rotatable bonds is 8. The molecule has 0 aliphatic carbocycles. The average Bonchev–Trinajstić information content (AvgIpc) is 2.98. The zero-order chi connectivity index (χ0) is 16.5. The molecule has 1 aromatic rings. The Bertz CT molecular complexity index is 568. The van der Waals surface area contributed by atoms with Gasteiger partial charge in [0.15, 0.2) is 5.17 Å². The van der Waals surface area contributed by atoms with Gasteiger partial charge in [-0.3, -0.25) is 9.69 Å². The zero-order valence-corrected chi connectivity index (χ0v) is 14.6. The van der Waals surface area contributed by atoms with Gasteiger partial charge in [0.25, 0.3) is 0 Å². The minimum atomic E-state index is -0.0168. The van der Waals surface area contributed by atoms with E-state index >= 15 is 0 Å². The highest BCUT2D eigenvalue weighted by Gasteiger charge is 2.15. The van der Waals surface area contributed by atoms with Crippen LogP contribution in [0.3, 0.4) is 0 Å². The summed E-state index contributed by atoms with van der Waals surface area (Å²) in [5.74, 6) is 0.409. The lowest BCUT2D eigenvalue weighted by molar-refractivity contribution is -0.116. The highest BCUT2D eigenvalue weighted by atomic mass is 32.2. The maximum absolute atomic E-state index is 11.0. The number of carbonyl (C=O) groups is 1. The summed E-state index contributed by atoms with van der Waals surface area (Å²) in [5, 5.41) is 11.2. The third kappa shape index (κ3) is 6.15. The van der Waals surface area contributed by atoms with E-state index in [1.54, 1.807) is 6.21 Å². The number of nitrogens with zero attached hydrogens (tertiary/aromatic N) is 3. The van der Waals surface area contributed by atoms with Crippen LogP contribution in [0.1, 0.15) is 37.8 Å². The van der Waals surface area contributed by atoms with Gasteiger partial charge in [0.1, 0.15) is 0 Å². The van der Waals surface area contributed by atoms with Crippen LogP contribution in [0.15, 0.2) is 34.5 Å². The summed E-state index contributed by atoms with van der Waals surface area (Å²) >= 11 is 1.37. The first-order valence-corrected chi connectivity index (χ1v) is 9.04. The molecule has 1 heterocycles. The number of carbonyl (C=O) groups excluding carboxylic acids is 1. The van der Waals surface area contributed by atoms with Crippen LogP contribution in [0, 0.1) is 0 Å². The van der Waals surface area contributed by atoms with Crippen LogP contribution in [0.25, 0.3) is 0 Å². The Morgan fingerprint density at radius 3 is 2.70 bits per heavy atom. The number of amides is 1. The van der Waals surface area contributed by atoms with E-state index in [1.807, 2.05) is 12.1 Å². The molecular formula is C17H24N4OS. The first-order chi connectivity index (χ1) is 11.2. The van der Waals surface area contributed by atoms with E-state index in [0.717, 1.165) is 25.2 Å². The van der Waals surface area contributed by atoms with E-state index in [2.05, 4.69) is 46.4 Å². The summed E-state index contributed by atoms with van der Waals surface area (Å²) < 4.78 is 0. The fourth-order valence-corrected chi connectivity index (χ4v) is 2.86. The first kappa shape index (κ1) is 17.7. The van der Waals surface area contributed by atoms with Crippen LogP contribution in [0.2, 0.25) is 0 Å². The van der Waals surface area contributed by atoms with E-state index in [-0.39, 0.29) is 5.91 Å². The van der Waals surface area contributed by atoms with E-state index in [0.29, 0.717) is 10.9 Å². The van der Waals surface area contributed by atoms with Crippen molar-refractivity contribution in [1.29, 1.82) is 0 Å². The van der Waals surface area contributed by atoms with Crippen LogP contribution >= 0.6 is 11.8 Å². The second-order valence-electron chi connectivity index (χ2n) is 5.45. The lowest BCUT2D eigenvalue weighted by Crippen LogP contribution is -2.23. The second-order valence-corrected chi connectivity index (χ2v) is 6.41. The highest BCUT2D eigenvalue weighted by molar-refractivity contribution is 8.15. The minimum absolute atomic E-state index is 0.0168. The van der Waals surface area contributed by atoms with Crippen molar-refractivity contribution in [3.63, 3.8) is 0 Å². The maximum Gasteiger partial charge on any atom is 0.236 e. The van der Waals surface area contributed by atoms with Crippen LogP contribution in [-0.2, 0) is 11.3 Å². The van der Waals surface area contributed by atoms with Gasteiger partial charge in [-0.2, -0.15) is 5.10 Å². The molecule has 0 bridgehead atoms.